The van der Waals surface area contributed by atoms with Gasteiger partial charge in [0.15, 0.2) is 0 Å². The molecule has 0 aromatic heterocycles. The number of methoxy groups -OCH3 is 1. The summed E-state index contributed by atoms with van der Waals surface area (Å²) in [6, 6.07) is 11.4. The number of rotatable bonds is 5. The zero-order valence-corrected chi connectivity index (χ0v) is 12.3. The van der Waals surface area contributed by atoms with Crippen LogP contribution in [0.3, 0.4) is 0 Å². The minimum Gasteiger partial charge on any atom is -0.496 e. The van der Waals surface area contributed by atoms with Crippen molar-refractivity contribution in [2.45, 2.75) is 13.0 Å². The van der Waals surface area contributed by atoms with E-state index >= 15 is 0 Å². The number of nitrogens with one attached hydrogen (secondary N) is 1. The smallest absolute Gasteiger partial charge is 0.407 e. The maximum Gasteiger partial charge on any atom is 0.407 e. The standard InChI is InChI=1S/C16H20N2O3/c1-3-21-16(19)18-14(10-17)12-8-9-15(20-2)13-7-5-4-6-11(12)13/h4-9,14H,3,10,17H2,1-2H3,(H,18,19). The zero-order valence-electron chi connectivity index (χ0n) is 12.3. The van der Waals surface area contributed by atoms with E-state index in [1.165, 1.54) is 0 Å². The third-order valence-electron chi connectivity index (χ3n) is 3.32. The molecule has 1 amide bonds. The molecule has 0 radical (unpaired) electrons. The molecule has 21 heavy (non-hydrogen) atoms. The van der Waals surface area contributed by atoms with Crippen LogP contribution in [0, 0.1) is 0 Å². The van der Waals surface area contributed by atoms with Gasteiger partial charge in [0.25, 0.3) is 0 Å². The van der Waals surface area contributed by atoms with Gasteiger partial charge in [-0.2, -0.15) is 0 Å². The molecule has 0 bridgehead atoms. The number of benzene rings is 2. The molecule has 0 aliphatic rings. The molecule has 3 N–H and O–H groups in total. The first-order valence-electron chi connectivity index (χ1n) is 6.90. The van der Waals surface area contributed by atoms with Gasteiger partial charge in [-0.05, 0) is 23.9 Å². The molecule has 1 atom stereocenters. The van der Waals surface area contributed by atoms with E-state index in [0.717, 1.165) is 22.1 Å². The highest BCUT2D eigenvalue weighted by Gasteiger charge is 2.17. The van der Waals surface area contributed by atoms with Crippen LogP contribution in [-0.2, 0) is 4.74 Å². The van der Waals surface area contributed by atoms with Gasteiger partial charge in [-0.25, -0.2) is 4.79 Å². The van der Waals surface area contributed by atoms with Crippen LogP contribution >= 0.6 is 0 Å². The SMILES string of the molecule is CCOC(=O)NC(CN)c1ccc(OC)c2ccccc12. The van der Waals surface area contributed by atoms with Crippen LogP contribution in [-0.4, -0.2) is 26.4 Å². The molecular formula is C16H20N2O3. The van der Waals surface area contributed by atoms with Crippen molar-refractivity contribution in [1.29, 1.82) is 0 Å². The Morgan fingerprint density at radius 1 is 1.24 bits per heavy atom. The Labute approximate surface area is 124 Å². The molecule has 0 saturated carbocycles. The summed E-state index contributed by atoms with van der Waals surface area (Å²) in [6.07, 6.45) is -0.465. The fourth-order valence-electron chi connectivity index (χ4n) is 2.36. The van der Waals surface area contributed by atoms with Gasteiger partial charge in [-0.3, -0.25) is 0 Å². The molecule has 112 valence electrons. The van der Waals surface area contributed by atoms with E-state index in [-0.39, 0.29) is 12.6 Å². The van der Waals surface area contributed by atoms with Crippen molar-refractivity contribution in [3.05, 3.63) is 42.0 Å². The van der Waals surface area contributed by atoms with E-state index in [1.54, 1.807) is 14.0 Å². The van der Waals surface area contributed by atoms with E-state index in [2.05, 4.69) is 5.32 Å². The van der Waals surface area contributed by atoms with Crippen molar-refractivity contribution < 1.29 is 14.3 Å². The number of carbonyl (C=O) groups is 1. The minimum atomic E-state index is -0.465. The van der Waals surface area contributed by atoms with E-state index in [1.807, 2.05) is 36.4 Å². The maximum atomic E-state index is 11.6. The average Bonchev–Trinajstić information content (AvgIpc) is 2.52. The number of hydrogen-bond acceptors (Lipinski definition) is 4. The van der Waals surface area contributed by atoms with Gasteiger partial charge < -0.3 is 20.5 Å². The summed E-state index contributed by atoms with van der Waals surface area (Å²) in [5.74, 6) is 0.793. The lowest BCUT2D eigenvalue weighted by molar-refractivity contribution is 0.148. The fourth-order valence-corrected chi connectivity index (χ4v) is 2.36. The lowest BCUT2D eigenvalue weighted by atomic mass is 9.98. The second kappa shape index (κ2) is 6.95. The van der Waals surface area contributed by atoms with E-state index in [9.17, 15) is 4.79 Å². The van der Waals surface area contributed by atoms with Crippen LogP contribution in [0.4, 0.5) is 4.79 Å². The number of alkyl carbamates (subject to hydrolysis) is 1. The molecule has 0 heterocycles. The first-order valence-corrected chi connectivity index (χ1v) is 6.90. The summed E-state index contributed by atoms with van der Waals surface area (Å²) in [4.78, 5) is 11.6. The molecule has 0 aliphatic heterocycles. The largest absolute Gasteiger partial charge is 0.496 e. The van der Waals surface area contributed by atoms with Crippen molar-refractivity contribution in [1.82, 2.24) is 5.32 Å². The number of carbonyl (C=O) groups excluding carboxylic acids is 1. The third kappa shape index (κ3) is 3.25. The molecule has 0 saturated heterocycles. The van der Waals surface area contributed by atoms with E-state index < -0.39 is 6.09 Å². The Morgan fingerprint density at radius 3 is 2.57 bits per heavy atom. The van der Waals surface area contributed by atoms with Crippen molar-refractivity contribution in [2.24, 2.45) is 5.73 Å². The molecule has 0 spiro atoms. The Balaban J connectivity index is 2.42. The number of nitrogens with two attached hydrogens (primary N) is 1. The van der Waals surface area contributed by atoms with Crippen LogP contribution in [0.5, 0.6) is 5.75 Å². The highest BCUT2D eigenvalue weighted by Crippen LogP contribution is 2.31. The molecule has 0 fully saturated rings. The van der Waals surface area contributed by atoms with E-state index in [4.69, 9.17) is 15.2 Å². The molecule has 2 aromatic rings. The maximum absolute atomic E-state index is 11.6. The number of fused-ring (bicyclic) bond motifs is 1. The highest BCUT2D eigenvalue weighted by molar-refractivity contribution is 5.91. The first-order chi connectivity index (χ1) is 10.2. The first kappa shape index (κ1) is 15.1. The second-order valence-electron chi connectivity index (χ2n) is 4.56. The monoisotopic (exact) mass is 288 g/mol. The highest BCUT2D eigenvalue weighted by atomic mass is 16.5. The third-order valence-corrected chi connectivity index (χ3v) is 3.32. The quantitative estimate of drug-likeness (QED) is 0.887. The summed E-state index contributed by atoms with van der Waals surface area (Å²) in [5.41, 5.74) is 6.76. The van der Waals surface area contributed by atoms with Gasteiger partial charge in [0, 0.05) is 11.9 Å². The number of hydrogen-bond donors (Lipinski definition) is 2. The molecule has 5 nitrogen and oxygen atoms in total. The van der Waals surface area contributed by atoms with Crippen LogP contribution in [0.25, 0.3) is 10.8 Å². The number of ether oxygens (including phenoxy) is 2. The van der Waals surface area contributed by atoms with Gasteiger partial charge in [0.05, 0.1) is 19.8 Å². The van der Waals surface area contributed by atoms with Crippen LogP contribution in [0.2, 0.25) is 0 Å². The summed E-state index contributed by atoms with van der Waals surface area (Å²) >= 11 is 0. The summed E-state index contributed by atoms with van der Waals surface area (Å²) in [6.45, 7) is 2.38. The Kier molecular flexibility index (Phi) is 5.00. The van der Waals surface area contributed by atoms with Crippen molar-refractivity contribution >= 4 is 16.9 Å². The topological polar surface area (TPSA) is 73.6 Å². The summed E-state index contributed by atoms with van der Waals surface area (Å²) in [7, 11) is 1.64. The van der Waals surface area contributed by atoms with Gasteiger partial charge in [-0.1, -0.05) is 30.3 Å². The molecule has 5 heteroatoms. The molecular weight excluding hydrogens is 268 g/mol. The van der Waals surface area contributed by atoms with E-state index in [0.29, 0.717) is 6.61 Å². The van der Waals surface area contributed by atoms with Crippen molar-refractivity contribution in [3.8, 4) is 5.75 Å². The van der Waals surface area contributed by atoms with Crippen molar-refractivity contribution in [3.63, 3.8) is 0 Å². The average molecular weight is 288 g/mol. The summed E-state index contributed by atoms with van der Waals surface area (Å²) in [5, 5.41) is 4.78. The van der Waals surface area contributed by atoms with Gasteiger partial charge in [0.2, 0.25) is 0 Å². The van der Waals surface area contributed by atoms with Gasteiger partial charge >= 0.3 is 6.09 Å². The number of amides is 1. The molecule has 0 aliphatic carbocycles. The lowest BCUT2D eigenvalue weighted by Crippen LogP contribution is -2.33. The second-order valence-corrected chi connectivity index (χ2v) is 4.56. The molecule has 2 rings (SSSR count). The Hall–Kier alpha value is -2.27. The Bertz CT molecular complexity index is 628. The van der Waals surface area contributed by atoms with Crippen LogP contribution < -0.4 is 15.8 Å². The normalized spacial score (nSPS) is 12.0. The Morgan fingerprint density at radius 2 is 1.95 bits per heavy atom. The minimum absolute atomic E-state index is 0.287. The van der Waals surface area contributed by atoms with Gasteiger partial charge in [-0.15, -0.1) is 0 Å². The lowest BCUT2D eigenvalue weighted by Gasteiger charge is -2.19. The summed E-state index contributed by atoms with van der Waals surface area (Å²) < 4.78 is 10.3. The van der Waals surface area contributed by atoms with Crippen LogP contribution in [0.1, 0.15) is 18.5 Å². The molecule has 2 aromatic carbocycles. The van der Waals surface area contributed by atoms with Gasteiger partial charge in [0.1, 0.15) is 5.75 Å². The van der Waals surface area contributed by atoms with Crippen molar-refractivity contribution in [2.75, 3.05) is 20.3 Å². The predicted octanol–water partition coefficient (Wildman–Crippen LogP) is 2.59. The fraction of sp³-hybridized carbons (Fsp3) is 0.312. The van der Waals surface area contributed by atoms with Crippen LogP contribution in [0.15, 0.2) is 36.4 Å². The predicted molar refractivity (Wildman–Crippen MR) is 82.5 cm³/mol. The molecule has 1 unspecified atom stereocenters. The zero-order chi connectivity index (χ0) is 15.2.